The second kappa shape index (κ2) is 9.65. The van der Waals surface area contributed by atoms with E-state index >= 15 is 0 Å². The second-order valence-corrected chi connectivity index (χ2v) is 6.53. The van der Waals surface area contributed by atoms with Gasteiger partial charge in [0.1, 0.15) is 11.4 Å². The monoisotopic (exact) mass is 366 g/mol. The molecule has 1 atom stereocenters. The summed E-state index contributed by atoms with van der Waals surface area (Å²) in [6, 6.07) is 6.82. The van der Waals surface area contributed by atoms with Crippen molar-refractivity contribution in [1.29, 1.82) is 0 Å². The number of ether oxygens (including phenoxy) is 3. The van der Waals surface area contributed by atoms with Gasteiger partial charge in [-0.3, -0.25) is 9.59 Å². The number of hydrogen-bond acceptors (Lipinski definition) is 6. The topological polar surface area (TPSA) is 103 Å². The molecule has 0 heterocycles. The molecule has 0 aromatic heterocycles. The molecule has 1 aromatic rings. The van der Waals surface area contributed by atoms with E-state index in [1.165, 1.54) is 14.0 Å². The average Bonchev–Trinajstić information content (AvgIpc) is 2.53. The van der Waals surface area contributed by atoms with Crippen molar-refractivity contribution in [3.63, 3.8) is 0 Å². The lowest BCUT2D eigenvalue weighted by molar-refractivity contribution is -0.153. The molecule has 0 aliphatic rings. The maximum atomic E-state index is 12.1. The van der Waals surface area contributed by atoms with Crippen LogP contribution in [0.3, 0.4) is 0 Å². The van der Waals surface area contributed by atoms with E-state index in [1.807, 2.05) is 0 Å². The van der Waals surface area contributed by atoms with Crippen LogP contribution in [0.5, 0.6) is 5.75 Å². The number of benzene rings is 1. The van der Waals surface area contributed by atoms with Gasteiger partial charge < -0.3 is 24.8 Å². The van der Waals surface area contributed by atoms with Gasteiger partial charge in [-0.2, -0.15) is 0 Å². The highest BCUT2D eigenvalue weighted by Crippen LogP contribution is 2.17. The Labute approximate surface area is 153 Å². The summed E-state index contributed by atoms with van der Waals surface area (Å²) in [5.41, 5.74) is -0.0824. The molecule has 0 aliphatic heterocycles. The fraction of sp³-hybridized carbons (Fsp3) is 0.500. The fourth-order valence-corrected chi connectivity index (χ4v) is 1.84. The first-order chi connectivity index (χ1) is 12.1. The molecule has 8 nitrogen and oxygen atoms in total. The van der Waals surface area contributed by atoms with Gasteiger partial charge in [0.05, 0.1) is 13.5 Å². The van der Waals surface area contributed by atoms with E-state index in [0.717, 1.165) is 0 Å². The number of alkyl carbamates (subject to hydrolysis) is 1. The lowest BCUT2D eigenvalue weighted by Gasteiger charge is -2.19. The van der Waals surface area contributed by atoms with Crippen molar-refractivity contribution in [2.24, 2.45) is 0 Å². The predicted molar refractivity (Wildman–Crippen MR) is 96.0 cm³/mol. The van der Waals surface area contributed by atoms with E-state index in [2.05, 4.69) is 10.6 Å². The Bertz CT molecular complexity index is 639. The second-order valence-electron chi connectivity index (χ2n) is 6.53. The van der Waals surface area contributed by atoms with Gasteiger partial charge in [-0.1, -0.05) is 6.07 Å². The van der Waals surface area contributed by atoms with Gasteiger partial charge in [0.2, 0.25) is 0 Å². The van der Waals surface area contributed by atoms with Crippen LogP contribution >= 0.6 is 0 Å². The van der Waals surface area contributed by atoms with Crippen LogP contribution in [-0.4, -0.2) is 43.3 Å². The zero-order valence-corrected chi connectivity index (χ0v) is 15.8. The molecule has 0 radical (unpaired) electrons. The largest absolute Gasteiger partial charge is 0.497 e. The van der Waals surface area contributed by atoms with Gasteiger partial charge in [0.15, 0.2) is 6.10 Å². The van der Waals surface area contributed by atoms with Crippen LogP contribution in [0.4, 0.5) is 10.5 Å². The molecular formula is C18H26N2O6. The summed E-state index contributed by atoms with van der Waals surface area (Å²) < 4.78 is 15.2. The zero-order valence-electron chi connectivity index (χ0n) is 15.8. The number of esters is 1. The molecule has 0 aliphatic carbocycles. The number of anilines is 1. The van der Waals surface area contributed by atoms with Crippen molar-refractivity contribution >= 4 is 23.7 Å². The SMILES string of the molecule is COc1cccc(NC(=O)[C@H](C)OC(=O)CCNC(=O)OC(C)(C)C)c1. The van der Waals surface area contributed by atoms with E-state index in [-0.39, 0.29) is 13.0 Å². The van der Waals surface area contributed by atoms with E-state index in [9.17, 15) is 14.4 Å². The smallest absolute Gasteiger partial charge is 0.407 e. The van der Waals surface area contributed by atoms with Gasteiger partial charge in [0.25, 0.3) is 5.91 Å². The number of hydrogen-bond donors (Lipinski definition) is 2. The maximum absolute atomic E-state index is 12.1. The summed E-state index contributed by atoms with van der Waals surface area (Å²) in [5, 5.41) is 5.08. The molecule has 26 heavy (non-hydrogen) atoms. The highest BCUT2D eigenvalue weighted by atomic mass is 16.6. The average molecular weight is 366 g/mol. The number of carbonyl (C=O) groups excluding carboxylic acids is 3. The third kappa shape index (κ3) is 8.36. The summed E-state index contributed by atoms with van der Waals surface area (Å²) in [4.78, 5) is 35.3. The summed E-state index contributed by atoms with van der Waals surface area (Å²) >= 11 is 0. The zero-order chi connectivity index (χ0) is 19.7. The Morgan fingerprint density at radius 2 is 1.88 bits per heavy atom. The van der Waals surface area contributed by atoms with Crippen LogP contribution in [0.1, 0.15) is 34.1 Å². The molecule has 0 saturated heterocycles. The molecule has 2 N–H and O–H groups in total. The number of nitrogens with one attached hydrogen (secondary N) is 2. The number of carbonyl (C=O) groups is 3. The van der Waals surface area contributed by atoms with Gasteiger partial charge in [-0.25, -0.2) is 4.79 Å². The van der Waals surface area contributed by atoms with Crippen molar-refractivity contribution in [3.8, 4) is 5.75 Å². The molecule has 8 heteroatoms. The van der Waals surface area contributed by atoms with Crippen molar-refractivity contribution in [1.82, 2.24) is 5.32 Å². The van der Waals surface area contributed by atoms with Gasteiger partial charge in [-0.15, -0.1) is 0 Å². The third-order valence-corrected chi connectivity index (χ3v) is 3.01. The highest BCUT2D eigenvalue weighted by Gasteiger charge is 2.19. The molecule has 0 bridgehead atoms. The Morgan fingerprint density at radius 1 is 1.19 bits per heavy atom. The van der Waals surface area contributed by atoms with Crippen molar-refractivity contribution in [2.45, 2.75) is 45.8 Å². The van der Waals surface area contributed by atoms with Crippen molar-refractivity contribution in [2.75, 3.05) is 19.0 Å². The Balaban J connectivity index is 2.36. The van der Waals surface area contributed by atoms with E-state index in [0.29, 0.717) is 11.4 Å². The lowest BCUT2D eigenvalue weighted by Crippen LogP contribution is -2.35. The van der Waals surface area contributed by atoms with Crippen LogP contribution in [0.15, 0.2) is 24.3 Å². The van der Waals surface area contributed by atoms with E-state index < -0.39 is 29.7 Å². The molecular weight excluding hydrogens is 340 g/mol. The predicted octanol–water partition coefficient (Wildman–Crippen LogP) is 2.48. The molecule has 1 aromatic carbocycles. The molecule has 0 spiro atoms. The molecule has 0 unspecified atom stereocenters. The van der Waals surface area contributed by atoms with Crippen LogP contribution in [0.2, 0.25) is 0 Å². The van der Waals surface area contributed by atoms with Crippen molar-refractivity contribution < 1.29 is 28.6 Å². The third-order valence-electron chi connectivity index (χ3n) is 3.01. The molecule has 1 rings (SSSR count). The maximum Gasteiger partial charge on any atom is 0.407 e. The summed E-state index contributed by atoms with van der Waals surface area (Å²) in [6.07, 6.45) is -1.67. The van der Waals surface area contributed by atoms with E-state index in [1.54, 1.807) is 45.0 Å². The highest BCUT2D eigenvalue weighted by molar-refractivity contribution is 5.95. The number of methoxy groups -OCH3 is 1. The summed E-state index contributed by atoms with van der Waals surface area (Å²) in [7, 11) is 1.52. The van der Waals surface area contributed by atoms with Crippen LogP contribution < -0.4 is 15.4 Å². The van der Waals surface area contributed by atoms with E-state index in [4.69, 9.17) is 14.2 Å². The van der Waals surface area contributed by atoms with Crippen LogP contribution in [-0.2, 0) is 19.1 Å². The quantitative estimate of drug-likeness (QED) is 0.719. The first kappa shape index (κ1) is 21.3. The first-order valence-electron chi connectivity index (χ1n) is 8.22. The minimum absolute atomic E-state index is 0.0535. The van der Waals surface area contributed by atoms with Crippen LogP contribution in [0.25, 0.3) is 0 Å². The summed E-state index contributed by atoms with van der Waals surface area (Å²) in [5.74, 6) is -0.471. The Kier molecular flexibility index (Phi) is 7.89. The Morgan fingerprint density at radius 3 is 2.50 bits per heavy atom. The normalized spacial score (nSPS) is 11.9. The molecule has 0 saturated carbocycles. The lowest BCUT2D eigenvalue weighted by atomic mass is 10.2. The first-order valence-corrected chi connectivity index (χ1v) is 8.22. The van der Waals surface area contributed by atoms with Gasteiger partial charge in [0, 0.05) is 18.3 Å². The molecule has 0 fully saturated rings. The number of amides is 2. The van der Waals surface area contributed by atoms with Crippen LogP contribution in [0, 0.1) is 0 Å². The van der Waals surface area contributed by atoms with Gasteiger partial charge in [-0.05, 0) is 39.8 Å². The summed E-state index contributed by atoms with van der Waals surface area (Å²) in [6.45, 7) is 6.74. The number of rotatable bonds is 7. The minimum atomic E-state index is -0.977. The molecule has 2 amide bonds. The Hall–Kier alpha value is -2.77. The molecule has 144 valence electrons. The van der Waals surface area contributed by atoms with Gasteiger partial charge >= 0.3 is 12.1 Å². The minimum Gasteiger partial charge on any atom is -0.497 e. The standard InChI is InChI=1S/C18H26N2O6/c1-12(16(22)20-13-7-6-8-14(11-13)24-5)25-15(21)9-10-19-17(23)26-18(2,3)4/h6-8,11-12H,9-10H2,1-5H3,(H,19,23)(H,20,22)/t12-/m0/s1. The van der Waals surface area contributed by atoms with Crippen molar-refractivity contribution in [3.05, 3.63) is 24.3 Å². The fourth-order valence-electron chi connectivity index (χ4n) is 1.84.